The van der Waals surface area contributed by atoms with Gasteiger partial charge in [-0.3, -0.25) is 4.68 Å². The van der Waals surface area contributed by atoms with Crippen LogP contribution in [0.3, 0.4) is 0 Å². The topological polar surface area (TPSA) is 48.3 Å². The minimum absolute atomic E-state index is 0.216. The van der Waals surface area contributed by atoms with Gasteiger partial charge in [-0.25, -0.2) is 0 Å². The third kappa shape index (κ3) is 3.64. The summed E-state index contributed by atoms with van der Waals surface area (Å²) in [4.78, 5) is 0. The first-order chi connectivity index (χ1) is 12.7. The Hall–Kier alpha value is -2.24. The lowest BCUT2D eigenvalue weighted by Gasteiger charge is -2.22. The summed E-state index contributed by atoms with van der Waals surface area (Å²) in [6.07, 6.45) is 3.66. The van der Waals surface area contributed by atoms with Crippen LogP contribution in [0.2, 0.25) is 5.02 Å². The molecular formula is C20H22ClN3O2. The maximum atomic E-state index is 6.11. The van der Waals surface area contributed by atoms with Crippen LogP contribution in [-0.4, -0.2) is 29.6 Å². The smallest absolute Gasteiger partial charge is 0.160 e. The number of halogens is 1. The van der Waals surface area contributed by atoms with Crippen molar-refractivity contribution in [1.29, 1.82) is 0 Å². The molecule has 0 bridgehead atoms. The van der Waals surface area contributed by atoms with Gasteiger partial charge in [-0.1, -0.05) is 17.7 Å². The first-order valence-corrected chi connectivity index (χ1v) is 9.29. The van der Waals surface area contributed by atoms with E-state index in [1.165, 1.54) is 6.42 Å². The second-order valence-corrected chi connectivity index (χ2v) is 6.97. The third-order valence-corrected chi connectivity index (χ3v) is 4.93. The number of benzene rings is 2. The third-order valence-electron chi connectivity index (χ3n) is 4.70. The maximum Gasteiger partial charge on any atom is 0.160 e. The molecular weight excluding hydrogens is 350 g/mol. The molecule has 6 heteroatoms. The van der Waals surface area contributed by atoms with Crippen LogP contribution < -0.4 is 10.1 Å². The molecule has 1 aliphatic heterocycles. The molecule has 2 aromatic carbocycles. The number of fused-ring (bicyclic) bond motifs is 1. The van der Waals surface area contributed by atoms with Gasteiger partial charge in [0.2, 0.25) is 0 Å². The molecule has 0 amide bonds. The van der Waals surface area contributed by atoms with Crippen molar-refractivity contribution in [3.63, 3.8) is 0 Å². The molecule has 1 unspecified atom stereocenters. The number of hydrogen-bond donors (Lipinski definition) is 1. The lowest BCUT2D eigenvalue weighted by Crippen LogP contribution is -2.24. The largest absolute Gasteiger partial charge is 0.497 e. The summed E-state index contributed by atoms with van der Waals surface area (Å²) in [5.41, 5.74) is 1.96. The molecule has 4 rings (SSSR count). The molecule has 1 atom stereocenters. The van der Waals surface area contributed by atoms with E-state index in [1.807, 2.05) is 47.1 Å². The van der Waals surface area contributed by atoms with Gasteiger partial charge in [0.1, 0.15) is 5.75 Å². The predicted octanol–water partition coefficient (Wildman–Crippen LogP) is 5.01. The SMILES string of the molecule is COc1ccc2c(c1)c(Nc1cccc(Cl)c1)nn2CC1CCCCO1. The van der Waals surface area contributed by atoms with Crippen LogP contribution in [0.5, 0.6) is 5.75 Å². The van der Waals surface area contributed by atoms with Crippen molar-refractivity contribution in [2.75, 3.05) is 19.0 Å². The number of nitrogens with one attached hydrogen (secondary N) is 1. The van der Waals surface area contributed by atoms with Gasteiger partial charge >= 0.3 is 0 Å². The second-order valence-electron chi connectivity index (χ2n) is 6.54. The Labute approximate surface area is 157 Å². The standard InChI is InChI=1S/C20H22ClN3O2/c1-25-16-8-9-19-18(12-16)20(22-15-6-4-5-14(21)11-15)23-24(19)13-17-7-2-3-10-26-17/h4-6,8-9,11-12,17H,2-3,7,10,13H2,1H3,(H,22,23). The molecule has 0 saturated carbocycles. The van der Waals surface area contributed by atoms with Crippen molar-refractivity contribution in [3.05, 3.63) is 47.5 Å². The zero-order valence-electron chi connectivity index (χ0n) is 14.7. The monoisotopic (exact) mass is 371 g/mol. The van der Waals surface area contributed by atoms with Crippen LogP contribution in [0.15, 0.2) is 42.5 Å². The van der Waals surface area contributed by atoms with E-state index in [0.717, 1.165) is 54.2 Å². The number of methoxy groups -OCH3 is 1. The van der Waals surface area contributed by atoms with E-state index < -0.39 is 0 Å². The van der Waals surface area contributed by atoms with Crippen LogP contribution >= 0.6 is 11.6 Å². The van der Waals surface area contributed by atoms with Gasteiger partial charge in [-0.05, 0) is 55.7 Å². The average Bonchev–Trinajstić information content (AvgIpc) is 2.99. The summed E-state index contributed by atoms with van der Waals surface area (Å²) in [5, 5.41) is 9.90. The van der Waals surface area contributed by atoms with Crippen LogP contribution in [-0.2, 0) is 11.3 Å². The van der Waals surface area contributed by atoms with Gasteiger partial charge in [0, 0.05) is 22.7 Å². The summed E-state index contributed by atoms with van der Waals surface area (Å²) in [6.45, 7) is 1.59. The average molecular weight is 372 g/mol. The summed E-state index contributed by atoms with van der Waals surface area (Å²) >= 11 is 6.11. The van der Waals surface area contributed by atoms with E-state index in [1.54, 1.807) is 7.11 Å². The van der Waals surface area contributed by atoms with Crippen molar-refractivity contribution in [1.82, 2.24) is 9.78 Å². The van der Waals surface area contributed by atoms with Crippen LogP contribution in [0.1, 0.15) is 19.3 Å². The zero-order valence-corrected chi connectivity index (χ0v) is 15.5. The summed E-state index contributed by atoms with van der Waals surface area (Å²) in [5.74, 6) is 1.59. The Kier molecular flexibility index (Phi) is 5.00. The number of anilines is 2. The number of hydrogen-bond acceptors (Lipinski definition) is 4. The van der Waals surface area contributed by atoms with E-state index in [0.29, 0.717) is 5.02 Å². The molecule has 1 aliphatic rings. The quantitative estimate of drug-likeness (QED) is 0.684. The summed E-state index contributed by atoms with van der Waals surface area (Å²) < 4.78 is 13.3. The summed E-state index contributed by atoms with van der Waals surface area (Å²) in [7, 11) is 1.67. The lowest BCUT2D eigenvalue weighted by molar-refractivity contribution is 0.00479. The Morgan fingerprint density at radius 1 is 1.27 bits per heavy atom. The fourth-order valence-corrected chi connectivity index (χ4v) is 3.55. The maximum absolute atomic E-state index is 6.11. The highest BCUT2D eigenvalue weighted by atomic mass is 35.5. The van der Waals surface area contributed by atoms with Gasteiger partial charge in [0.15, 0.2) is 5.82 Å². The van der Waals surface area contributed by atoms with E-state index in [4.69, 9.17) is 26.2 Å². The number of rotatable bonds is 5. The number of ether oxygens (including phenoxy) is 2. The highest BCUT2D eigenvalue weighted by molar-refractivity contribution is 6.30. The number of aromatic nitrogens is 2. The lowest BCUT2D eigenvalue weighted by atomic mass is 10.1. The van der Waals surface area contributed by atoms with E-state index >= 15 is 0 Å². The molecule has 0 radical (unpaired) electrons. The Bertz CT molecular complexity index is 903. The van der Waals surface area contributed by atoms with Gasteiger partial charge in [-0.15, -0.1) is 0 Å². The van der Waals surface area contributed by atoms with Crippen molar-refractivity contribution < 1.29 is 9.47 Å². The molecule has 1 N–H and O–H groups in total. The fourth-order valence-electron chi connectivity index (χ4n) is 3.36. The van der Waals surface area contributed by atoms with Gasteiger partial charge in [0.25, 0.3) is 0 Å². The minimum Gasteiger partial charge on any atom is -0.497 e. The molecule has 1 saturated heterocycles. The molecule has 0 spiro atoms. The van der Waals surface area contributed by atoms with Crippen molar-refractivity contribution in [2.45, 2.75) is 31.9 Å². The molecule has 1 fully saturated rings. The zero-order chi connectivity index (χ0) is 17.9. The molecule has 0 aliphatic carbocycles. The molecule has 136 valence electrons. The normalized spacial score (nSPS) is 17.4. The van der Waals surface area contributed by atoms with Crippen molar-refractivity contribution >= 4 is 34.0 Å². The first kappa shape index (κ1) is 17.2. The molecule has 2 heterocycles. The Balaban J connectivity index is 1.70. The van der Waals surface area contributed by atoms with E-state index in [-0.39, 0.29) is 6.10 Å². The minimum atomic E-state index is 0.216. The van der Waals surface area contributed by atoms with Crippen LogP contribution in [0, 0.1) is 0 Å². The molecule has 26 heavy (non-hydrogen) atoms. The second kappa shape index (κ2) is 7.56. The van der Waals surface area contributed by atoms with Crippen LogP contribution in [0.4, 0.5) is 11.5 Å². The fraction of sp³-hybridized carbons (Fsp3) is 0.350. The Morgan fingerprint density at radius 2 is 2.19 bits per heavy atom. The van der Waals surface area contributed by atoms with Gasteiger partial charge < -0.3 is 14.8 Å². The molecule has 3 aromatic rings. The first-order valence-electron chi connectivity index (χ1n) is 8.92. The molecule has 5 nitrogen and oxygen atoms in total. The summed E-state index contributed by atoms with van der Waals surface area (Å²) in [6, 6.07) is 13.6. The molecule has 1 aromatic heterocycles. The van der Waals surface area contributed by atoms with Gasteiger partial charge in [-0.2, -0.15) is 5.10 Å². The van der Waals surface area contributed by atoms with Crippen molar-refractivity contribution in [2.24, 2.45) is 0 Å². The predicted molar refractivity (Wildman–Crippen MR) is 105 cm³/mol. The number of nitrogens with zero attached hydrogens (tertiary/aromatic N) is 2. The van der Waals surface area contributed by atoms with Gasteiger partial charge in [0.05, 0.1) is 25.3 Å². The van der Waals surface area contributed by atoms with E-state index in [9.17, 15) is 0 Å². The Morgan fingerprint density at radius 3 is 2.96 bits per heavy atom. The van der Waals surface area contributed by atoms with Crippen LogP contribution in [0.25, 0.3) is 10.9 Å². The highest BCUT2D eigenvalue weighted by Crippen LogP contribution is 2.30. The van der Waals surface area contributed by atoms with Crippen molar-refractivity contribution in [3.8, 4) is 5.75 Å². The highest BCUT2D eigenvalue weighted by Gasteiger charge is 2.18. The van der Waals surface area contributed by atoms with E-state index in [2.05, 4.69) is 5.32 Å².